The molecule has 0 N–H and O–H groups in total. The normalized spacial score (nSPS) is 15.8. The van der Waals surface area contributed by atoms with Crippen molar-refractivity contribution >= 4 is 5.78 Å². The monoisotopic (exact) mass is 262 g/mol. The summed E-state index contributed by atoms with van der Waals surface area (Å²) in [5, 5.41) is 0. The molecule has 0 radical (unpaired) electrons. The second-order valence-electron chi connectivity index (χ2n) is 4.09. The molecule has 6 heteroatoms. The number of alkyl halides is 4. The maximum absolute atomic E-state index is 12.8. The molecule has 1 aromatic carbocycles. The van der Waals surface area contributed by atoms with Gasteiger partial charge in [0.25, 0.3) is 0 Å². The summed E-state index contributed by atoms with van der Waals surface area (Å²) in [6, 6.07) is 4.78. The number of carbonyl (C=O) groups excluding carboxylic acids is 1. The predicted octanol–water partition coefficient (Wildman–Crippen LogP) is 3.31. The van der Waals surface area contributed by atoms with E-state index in [9.17, 15) is 22.4 Å². The Morgan fingerprint density at radius 3 is 2.22 bits per heavy atom. The van der Waals surface area contributed by atoms with Crippen molar-refractivity contribution in [3.8, 4) is 5.75 Å². The minimum atomic E-state index is -4.65. The molecule has 1 fully saturated rings. The largest absolute Gasteiger partial charge is 0.490 e. The molecule has 1 saturated carbocycles. The average molecular weight is 262 g/mol. The number of hydrogen-bond acceptors (Lipinski definition) is 2. The lowest BCUT2D eigenvalue weighted by atomic mass is 10.1. The molecule has 1 aliphatic rings. The zero-order chi connectivity index (χ0) is 13.3. The number of Topliss-reactive ketones (excluding diaryl/α,β-unsaturated/α-hetero) is 1. The van der Waals surface area contributed by atoms with Gasteiger partial charge in [-0.1, -0.05) is 0 Å². The van der Waals surface area contributed by atoms with Gasteiger partial charge in [-0.05, 0) is 37.1 Å². The van der Waals surface area contributed by atoms with Gasteiger partial charge >= 0.3 is 12.3 Å². The van der Waals surface area contributed by atoms with Crippen molar-refractivity contribution in [2.75, 3.05) is 0 Å². The van der Waals surface area contributed by atoms with Crippen molar-refractivity contribution < 1.29 is 27.1 Å². The van der Waals surface area contributed by atoms with Gasteiger partial charge in [0.05, 0.1) is 6.10 Å². The first-order valence-corrected chi connectivity index (χ1v) is 5.38. The van der Waals surface area contributed by atoms with E-state index in [1.165, 1.54) is 12.1 Å². The molecule has 0 aliphatic heterocycles. The fraction of sp³-hybridized carbons (Fsp3) is 0.417. The SMILES string of the molecule is O=C(c1ccc(OC2CC2)cc1)C(F)(F)C(F)F. The van der Waals surface area contributed by atoms with Gasteiger partial charge in [0.2, 0.25) is 5.78 Å². The summed E-state index contributed by atoms with van der Waals surface area (Å²) in [7, 11) is 0. The van der Waals surface area contributed by atoms with Gasteiger partial charge < -0.3 is 4.74 Å². The number of ketones is 1. The molecule has 0 saturated heterocycles. The molecular formula is C12H10F4O2. The van der Waals surface area contributed by atoms with E-state index in [1.54, 1.807) is 0 Å². The summed E-state index contributed by atoms with van der Waals surface area (Å²) in [4.78, 5) is 11.2. The first-order valence-electron chi connectivity index (χ1n) is 5.38. The molecule has 0 bridgehead atoms. The van der Waals surface area contributed by atoms with Crippen LogP contribution in [0.15, 0.2) is 24.3 Å². The highest BCUT2D eigenvalue weighted by molar-refractivity contribution is 6.01. The third-order valence-corrected chi connectivity index (χ3v) is 2.52. The Kier molecular flexibility index (Phi) is 3.28. The van der Waals surface area contributed by atoms with Crippen molar-refractivity contribution in [3.05, 3.63) is 29.8 Å². The van der Waals surface area contributed by atoms with Gasteiger partial charge in [0.1, 0.15) is 5.75 Å². The Morgan fingerprint density at radius 2 is 1.78 bits per heavy atom. The molecule has 0 atom stereocenters. The van der Waals surface area contributed by atoms with Crippen LogP contribution in [0.4, 0.5) is 17.6 Å². The van der Waals surface area contributed by atoms with E-state index in [2.05, 4.69) is 0 Å². The summed E-state index contributed by atoms with van der Waals surface area (Å²) in [5.41, 5.74) is -0.455. The van der Waals surface area contributed by atoms with Crippen molar-refractivity contribution in [2.45, 2.75) is 31.3 Å². The van der Waals surface area contributed by atoms with E-state index in [-0.39, 0.29) is 6.10 Å². The van der Waals surface area contributed by atoms with Gasteiger partial charge in [-0.25, -0.2) is 8.78 Å². The highest BCUT2D eigenvalue weighted by Crippen LogP contribution is 2.30. The van der Waals surface area contributed by atoms with Crippen LogP contribution in [-0.2, 0) is 0 Å². The average Bonchev–Trinajstić information content (AvgIpc) is 3.13. The Morgan fingerprint density at radius 1 is 1.22 bits per heavy atom. The van der Waals surface area contributed by atoms with Gasteiger partial charge in [-0.3, -0.25) is 4.79 Å². The first kappa shape index (κ1) is 12.9. The van der Waals surface area contributed by atoms with Gasteiger partial charge in [0.15, 0.2) is 0 Å². The molecule has 18 heavy (non-hydrogen) atoms. The first-order chi connectivity index (χ1) is 8.41. The number of carbonyl (C=O) groups is 1. The van der Waals surface area contributed by atoms with Crippen LogP contribution >= 0.6 is 0 Å². The maximum Gasteiger partial charge on any atom is 0.368 e. The molecule has 0 spiro atoms. The van der Waals surface area contributed by atoms with E-state index >= 15 is 0 Å². The Labute approximate surface area is 101 Å². The number of benzene rings is 1. The molecule has 2 nitrogen and oxygen atoms in total. The second kappa shape index (κ2) is 4.59. The third kappa shape index (κ3) is 2.63. The molecule has 1 aromatic rings. The van der Waals surface area contributed by atoms with Crippen LogP contribution in [0.2, 0.25) is 0 Å². The number of rotatable bonds is 5. The van der Waals surface area contributed by atoms with Crippen molar-refractivity contribution in [1.29, 1.82) is 0 Å². The minimum Gasteiger partial charge on any atom is -0.490 e. The number of hydrogen-bond donors (Lipinski definition) is 0. The predicted molar refractivity (Wildman–Crippen MR) is 55.4 cm³/mol. The Hall–Kier alpha value is -1.59. The second-order valence-corrected chi connectivity index (χ2v) is 4.09. The van der Waals surface area contributed by atoms with E-state index in [0.717, 1.165) is 25.0 Å². The molecule has 0 amide bonds. The van der Waals surface area contributed by atoms with E-state index in [4.69, 9.17) is 4.74 Å². The third-order valence-electron chi connectivity index (χ3n) is 2.52. The summed E-state index contributed by atoms with van der Waals surface area (Å²) in [6.45, 7) is 0. The fourth-order valence-corrected chi connectivity index (χ4v) is 1.35. The zero-order valence-corrected chi connectivity index (χ0v) is 9.21. The van der Waals surface area contributed by atoms with Crippen LogP contribution in [0.25, 0.3) is 0 Å². The fourth-order valence-electron chi connectivity index (χ4n) is 1.35. The van der Waals surface area contributed by atoms with Gasteiger partial charge in [0, 0.05) is 5.56 Å². The van der Waals surface area contributed by atoms with Crippen molar-refractivity contribution in [1.82, 2.24) is 0 Å². The number of ether oxygens (including phenoxy) is 1. The van der Waals surface area contributed by atoms with E-state index < -0.39 is 23.7 Å². The zero-order valence-electron chi connectivity index (χ0n) is 9.21. The Bertz CT molecular complexity index is 438. The number of halogens is 4. The van der Waals surface area contributed by atoms with Gasteiger partial charge in [-0.15, -0.1) is 0 Å². The maximum atomic E-state index is 12.8. The van der Waals surface area contributed by atoms with Crippen LogP contribution in [0.5, 0.6) is 5.75 Å². The molecule has 1 aliphatic carbocycles. The summed E-state index contributed by atoms with van der Waals surface area (Å²) in [5.74, 6) is -6.09. The minimum absolute atomic E-state index is 0.133. The molecule has 98 valence electrons. The summed E-state index contributed by atoms with van der Waals surface area (Å²) in [6.07, 6.45) is -2.00. The molecule has 0 unspecified atom stereocenters. The highest BCUT2D eigenvalue weighted by atomic mass is 19.3. The highest BCUT2D eigenvalue weighted by Gasteiger charge is 2.48. The van der Waals surface area contributed by atoms with Crippen LogP contribution in [0, 0.1) is 0 Å². The van der Waals surface area contributed by atoms with E-state index in [0.29, 0.717) is 5.75 Å². The summed E-state index contributed by atoms with van der Waals surface area (Å²) >= 11 is 0. The smallest absolute Gasteiger partial charge is 0.368 e. The summed E-state index contributed by atoms with van der Waals surface area (Å²) < 4.78 is 55.0. The van der Waals surface area contributed by atoms with Gasteiger partial charge in [-0.2, -0.15) is 8.78 Å². The lowest BCUT2D eigenvalue weighted by molar-refractivity contribution is -0.0958. The van der Waals surface area contributed by atoms with Crippen molar-refractivity contribution in [2.24, 2.45) is 0 Å². The lowest BCUT2D eigenvalue weighted by Crippen LogP contribution is -2.36. The lowest BCUT2D eigenvalue weighted by Gasteiger charge is -2.13. The quantitative estimate of drug-likeness (QED) is 0.601. The van der Waals surface area contributed by atoms with Crippen LogP contribution < -0.4 is 4.74 Å². The molecule has 2 rings (SSSR count). The van der Waals surface area contributed by atoms with Crippen molar-refractivity contribution in [3.63, 3.8) is 0 Å². The molecular weight excluding hydrogens is 252 g/mol. The van der Waals surface area contributed by atoms with Crippen LogP contribution in [-0.4, -0.2) is 24.2 Å². The topological polar surface area (TPSA) is 26.3 Å². The standard InChI is InChI=1S/C12H10F4O2/c13-11(14)12(15,16)10(17)7-1-3-8(4-2-7)18-9-5-6-9/h1-4,9,11H,5-6H2. The van der Waals surface area contributed by atoms with Crippen LogP contribution in [0.3, 0.4) is 0 Å². The van der Waals surface area contributed by atoms with E-state index in [1.807, 2.05) is 0 Å². The molecule has 0 heterocycles. The molecule has 0 aromatic heterocycles. The van der Waals surface area contributed by atoms with Crippen LogP contribution in [0.1, 0.15) is 23.2 Å². The Balaban J connectivity index is 2.10.